The second kappa shape index (κ2) is 5.24. The van der Waals surface area contributed by atoms with Gasteiger partial charge in [-0.3, -0.25) is 0 Å². The summed E-state index contributed by atoms with van der Waals surface area (Å²) >= 11 is 0. The minimum atomic E-state index is -0.268. The smallest absolute Gasteiger partial charge is 0.142 e. The van der Waals surface area contributed by atoms with Crippen LogP contribution in [-0.4, -0.2) is 34.0 Å². The molecule has 1 aliphatic rings. The Morgan fingerprint density at radius 2 is 2.39 bits per heavy atom. The van der Waals surface area contributed by atoms with Gasteiger partial charge in [-0.2, -0.15) is 0 Å². The molecule has 0 aromatic carbocycles. The maximum absolute atomic E-state index is 13.1. The van der Waals surface area contributed by atoms with E-state index in [1.54, 1.807) is 6.07 Å². The molecule has 0 saturated carbocycles. The number of hydrogen-bond donors (Lipinski definition) is 1. The van der Waals surface area contributed by atoms with Crippen LogP contribution < -0.4 is 0 Å². The highest BCUT2D eigenvalue weighted by molar-refractivity contribution is 5.85. The van der Waals surface area contributed by atoms with Crippen LogP contribution in [0.2, 0.25) is 0 Å². The van der Waals surface area contributed by atoms with Gasteiger partial charge in [0.1, 0.15) is 11.5 Å². The highest BCUT2D eigenvalue weighted by Gasteiger charge is 2.22. The summed E-state index contributed by atoms with van der Waals surface area (Å²) in [6, 6.07) is 2.27. The molecule has 2 aromatic heterocycles. The number of pyridine rings is 1. The topological polar surface area (TPSA) is 31.9 Å². The van der Waals surface area contributed by atoms with E-state index < -0.39 is 0 Å². The van der Waals surface area contributed by atoms with Crippen LogP contribution >= 0.6 is 12.4 Å². The van der Waals surface area contributed by atoms with Crippen LogP contribution in [0.3, 0.4) is 0 Å². The summed E-state index contributed by atoms with van der Waals surface area (Å²) in [6.07, 6.45) is 5.45. The Morgan fingerprint density at radius 1 is 1.56 bits per heavy atom. The van der Waals surface area contributed by atoms with E-state index in [0.29, 0.717) is 6.04 Å². The molecular weight excluding hydrogens is 253 g/mol. The Labute approximate surface area is 112 Å². The number of halogens is 2. The van der Waals surface area contributed by atoms with E-state index in [4.69, 9.17) is 0 Å². The van der Waals surface area contributed by atoms with E-state index in [9.17, 15) is 4.39 Å². The molecule has 1 atom stereocenters. The Bertz CT molecular complexity index is 540. The Morgan fingerprint density at radius 3 is 3.06 bits per heavy atom. The average molecular weight is 270 g/mol. The highest BCUT2D eigenvalue weighted by Crippen LogP contribution is 2.21. The zero-order chi connectivity index (χ0) is 11.8. The first-order valence-corrected chi connectivity index (χ1v) is 6.09. The molecule has 1 unspecified atom stereocenters. The van der Waals surface area contributed by atoms with E-state index >= 15 is 0 Å². The molecule has 0 aliphatic carbocycles. The van der Waals surface area contributed by atoms with Crippen LogP contribution in [0.5, 0.6) is 0 Å². The predicted molar refractivity (Wildman–Crippen MR) is 72.7 cm³/mol. The molecule has 1 saturated heterocycles. The van der Waals surface area contributed by atoms with Gasteiger partial charge in [0.05, 0.1) is 6.20 Å². The highest BCUT2D eigenvalue weighted by atomic mass is 35.5. The molecule has 3 heterocycles. The van der Waals surface area contributed by atoms with Crippen molar-refractivity contribution in [2.75, 3.05) is 13.1 Å². The lowest BCUT2D eigenvalue weighted by atomic mass is 10.0. The summed E-state index contributed by atoms with van der Waals surface area (Å²) in [5.74, 6) is -0.268. The molecule has 1 fully saturated rings. The third-order valence-corrected chi connectivity index (χ3v) is 3.71. The Hall–Kier alpha value is -1.13. The van der Waals surface area contributed by atoms with Crippen LogP contribution in [0.15, 0.2) is 18.5 Å². The fourth-order valence-electron chi connectivity index (χ4n) is 2.41. The molecule has 0 amide bonds. The molecule has 2 aromatic rings. The number of H-pyrrole nitrogens is 1. The number of hydrogen-bond acceptors (Lipinski definition) is 2. The van der Waals surface area contributed by atoms with Crippen molar-refractivity contribution in [2.45, 2.75) is 25.8 Å². The van der Waals surface area contributed by atoms with Crippen molar-refractivity contribution in [3.63, 3.8) is 0 Å². The van der Waals surface area contributed by atoms with Crippen LogP contribution in [0.1, 0.15) is 18.9 Å². The van der Waals surface area contributed by atoms with E-state index in [1.165, 1.54) is 19.2 Å². The third kappa shape index (κ3) is 2.35. The standard InChI is InChI=1S/C13H16FN3.ClH/c1-9-2-4-17(9)5-3-10-7-15-13-12(10)6-11(14)8-16-13;/h6-9H,2-5H2,1H3,(H,15,16);1H. The fraction of sp³-hybridized carbons (Fsp3) is 0.462. The van der Waals surface area contributed by atoms with Gasteiger partial charge in [0.2, 0.25) is 0 Å². The Balaban J connectivity index is 0.00000120. The summed E-state index contributed by atoms with van der Waals surface area (Å²) in [5, 5.41) is 0.915. The van der Waals surface area contributed by atoms with Gasteiger partial charge >= 0.3 is 0 Å². The largest absolute Gasteiger partial charge is 0.346 e. The molecule has 0 spiro atoms. The van der Waals surface area contributed by atoms with Crippen molar-refractivity contribution in [3.8, 4) is 0 Å². The molecule has 1 aliphatic heterocycles. The number of aromatic amines is 1. The van der Waals surface area contributed by atoms with E-state index in [0.717, 1.165) is 29.6 Å². The molecule has 0 radical (unpaired) electrons. The number of rotatable bonds is 3. The summed E-state index contributed by atoms with van der Waals surface area (Å²) in [4.78, 5) is 9.57. The van der Waals surface area contributed by atoms with Crippen molar-refractivity contribution >= 4 is 23.4 Å². The monoisotopic (exact) mass is 269 g/mol. The lowest BCUT2D eigenvalue weighted by molar-refractivity contribution is 0.107. The van der Waals surface area contributed by atoms with Gasteiger partial charge in [-0.1, -0.05) is 0 Å². The SMILES string of the molecule is CC1CCN1CCc1c[nH]c2ncc(F)cc12.Cl. The van der Waals surface area contributed by atoms with Gasteiger partial charge in [-0.15, -0.1) is 12.4 Å². The number of aromatic nitrogens is 2. The number of likely N-dealkylation sites (tertiary alicyclic amines) is 1. The third-order valence-electron chi connectivity index (χ3n) is 3.71. The first kappa shape index (κ1) is 13.3. The number of fused-ring (bicyclic) bond motifs is 1. The minimum Gasteiger partial charge on any atom is -0.346 e. The normalized spacial score (nSPS) is 19.6. The van der Waals surface area contributed by atoms with Crippen molar-refractivity contribution in [1.82, 2.24) is 14.9 Å². The zero-order valence-corrected chi connectivity index (χ0v) is 11.1. The second-order valence-electron chi connectivity index (χ2n) is 4.79. The lowest BCUT2D eigenvalue weighted by Crippen LogP contribution is -2.46. The lowest BCUT2D eigenvalue weighted by Gasteiger charge is -2.38. The molecule has 5 heteroatoms. The van der Waals surface area contributed by atoms with Crippen molar-refractivity contribution < 1.29 is 4.39 Å². The quantitative estimate of drug-likeness (QED) is 0.929. The van der Waals surface area contributed by atoms with Crippen LogP contribution in [0.4, 0.5) is 4.39 Å². The average Bonchev–Trinajstić information content (AvgIpc) is 2.70. The van der Waals surface area contributed by atoms with Gasteiger partial charge < -0.3 is 9.88 Å². The van der Waals surface area contributed by atoms with E-state index in [2.05, 4.69) is 21.8 Å². The summed E-state index contributed by atoms with van der Waals surface area (Å²) < 4.78 is 13.1. The molecule has 18 heavy (non-hydrogen) atoms. The van der Waals surface area contributed by atoms with Crippen LogP contribution in [0.25, 0.3) is 11.0 Å². The summed E-state index contributed by atoms with van der Waals surface area (Å²) in [6.45, 7) is 4.49. The van der Waals surface area contributed by atoms with Gasteiger partial charge in [-0.05, 0) is 37.9 Å². The maximum Gasteiger partial charge on any atom is 0.142 e. The van der Waals surface area contributed by atoms with Crippen molar-refractivity contribution in [1.29, 1.82) is 0 Å². The van der Waals surface area contributed by atoms with E-state index in [1.807, 2.05) is 6.20 Å². The molecular formula is C13H17ClFN3. The first-order valence-electron chi connectivity index (χ1n) is 6.09. The van der Waals surface area contributed by atoms with Gasteiger partial charge in [0.15, 0.2) is 0 Å². The van der Waals surface area contributed by atoms with Crippen LogP contribution in [0, 0.1) is 5.82 Å². The van der Waals surface area contributed by atoms with Gasteiger partial charge in [0, 0.05) is 24.2 Å². The van der Waals surface area contributed by atoms with Gasteiger partial charge in [0.25, 0.3) is 0 Å². The minimum absolute atomic E-state index is 0. The molecule has 1 N–H and O–H groups in total. The van der Waals surface area contributed by atoms with Gasteiger partial charge in [-0.25, -0.2) is 9.37 Å². The maximum atomic E-state index is 13.1. The summed E-state index contributed by atoms with van der Waals surface area (Å²) in [5.41, 5.74) is 1.93. The van der Waals surface area contributed by atoms with E-state index in [-0.39, 0.29) is 18.2 Å². The second-order valence-corrected chi connectivity index (χ2v) is 4.79. The summed E-state index contributed by atoms with van der Waals surface area (Å²) in [7, 11) is 0. The van der Waals surface area contributed by atoms with Crippen molar-refractivity contribution in [2.24, 2.45) is 0 Å². The van der Waals surface area contributed by atoms with Crippen molar-refractivity contribution in [3.05, 3.63) is 29.8 Å². The van der Waals surface area contributed by atoms with Crippen LogP contribution in [-0.2, 0) is 6.42 Å². The molecule has 3 rings (SSSR count). The fourth-order valence-corrected chi connectivity index (χ4v) is 2.41. The first-order chi connectivity index (χ1) is 8.24. The molecule has 98 valence electrons. The molecule has 3 nitrogen and oxygen atoms in total. The molecule has 0 bridgehead atoms. The number of nitrogens with zero attached hydrogens (tertiary/aromatic N) is 2. The Kier molecular flexibility index (Phi) is 3.88. The zero-order valence-electron chi connectivity index (χ0n) is 10.3. The predicted octanol–water partition coefficient (Wildman–Crippen LogP) is 2.76. The number of nitrogens with one attached hydrogen (secondary N) is 1.